The Kier molecular flexibility index (Phi) is 2.37. The number of fused-ring (bicyclic) bond motifs is 3. The summed E-state index contributed by atoms with van der Waals surface area (Å²) in [4.78, 5) is 24.6. The van der Waals surface area contributed by atoms with E-state index in [1.807, 2.05) is 0 Å². The number of hydrogen-bond donors (Lipinski definition) is 0. The Morgan fingerprint density at radius 2 is 1.28 bits per heavy atom. The summed E-state index contributed by atoms with van der Waals surface area (Å²) in [7, 11) is 0. The van der Waals surface area contributed by atoms with Crippen LogP contribution in [0.15, 0.2) is 54.8 Å². The summed E-state index contributed by atoms with van der Waals surface area (Å²) in [6, 6.07) is 8.15. The topological polar surface area (TPSA) is 64.8 Å². The molecule has 0 bridgehead atoms. The highest BCUT2D eigenvalue weighted by Gasteiger charge is 2.33. The number of alkyl halides is 3. The van der Waals surface area contributed by atoms with E-state index < -0.39 is 23.0 Å². The molecule has 3 heterocycles. The fourth-order valence-electron chi connectivity index (χ4n) is 3.23. The summed E-state index contributed by atoms with van der Waals surface area (Å²) in [5.41, 5.74) is -2.70. The average Bonchev–Trinajstić information content (AvgIpc) is 2.88. The van der Waals surface area contributed by atoms with Crippen molar-refractivity contribution in [3.8, 4) is 0 Å². The zero-order valence-electron chi connectivity index (χ0n) is 12.2. The summed E-state index contributed by atoms with van der Waals surface area (Å²) in [5, 5.41) is 0.403. The van der Waals surface area contributed by atoms with Crippen LogP contribution in [-0.2, 0) is 6.18 Å². The molecule has 0 saturated heterocycles. The summed E-state index contributed by atoms with van der Waals surface area (Å²) in [5.74, 6) is 0. The predicted octanol–water partition coefficient (Wildman–Crippen LogP) is 3.76. The Balaban J connectivity index is 2.18. The molecule has 0 fully saturated rings. The largest absolute Gasteiger partial charge is 0.416 e. The van der Waals surface area contributed by atoms with E-state index in [9.17, 15) is 22.8 Å². The van der Waals surface area contributed by atoms with E-state index in [4.69, 9.17) is 8.83 Å². The third kappa shape index (κ3) is 1.68. The normalized spacial score (nSPS) is 12.9. The molecule has 124 valence electrons. The van der Waals surface area contributed by atoms with Gasteiger partial charge in [0.05, 0.1) is 21.9 Å². The molecule has 0 N–H and O–H groups in total. The van der Waals surface area contributed by atoms with Crippen LogP contribution >= 0.6 is 0 Å². The van der Waals surface area contributed by atoms with Crippen molar-refractivity contribution in [1.82, 2.24) is 4.40 Å². The number of aromatic nitrogens is 1. The first-order valence-electron chi connectivity index (χ1n) is 7.19. The molecule has 8 heteroatoms. The second kappa shape index (κ2) is 4.21. The Labute approximate surface area is 134 Å². The predicted molar refractivity (Wildman–Crippen MR) is 83.2 cm³/mol. The minimum atomic E-state index is -4.71. The highest BCUT2D eigenvalue weighted by atomic mass is 19.4. The number of nitrogens with zero attached hydrogens (tertiary/aromatic N) is 1. The van der Waals surface area contributed by atoms with Crippen molar-refractivity contribution in [3.63, 3.8) is 0 Å². The summed E-state index contributed by atoms with van der Waals surface area (Å²) < 4.78 is 51.2. The van der Waals surface area contributed by atoms with E-state index in [0.717, 1.165) is 0 Å². The number of benzene rings is 2. The molecule has 0 aliphatic rings. The van der Waals surface area contributed by atoms with Crippen LogP contribution in [0.2, 0.25) is 0 Å². The molecule has 5 nitrogen and oxygen atoms in total. The lowest BCUT2D eigenvalue weighted by atomic mass is 10.1. The molecular formula is C17H6F3NO4. The molecular weight excluding hydrogens is 339 g/mol. The van der Waals surface area contributed by atoms with Gasteiger partial charge in [-0.3, -0.25) is 0 Å². The van der Waals surface area contributed by atoms with E-state index in [2.05, 4.69) is 0 Å². The van der Waals surface area contributed by atoms with Gasteiger partial charge in [0.25, 0.3) is 0 Å². The minimum absolute atomic E-state index is 0.0571. The minimum Gasteiger partial charge on any atom is -0.404 e. The van der Waals surface area contributed by atoms with Gasteiger partial charge >= 0.3 is 17.4 Å². The van der Waals surface area contributed by atoms with Crippen LogP contribution in [0.25, 0.3) is 38.5 Å². The van der Waals surface area contributed by atoms with Crippen LogP contribution in [0.1, 0.15) is 5.56 Å². The van der Waals surface area contributed by atoms with E-state index in [0.29, 0.717) is 22.9 Å². The average molecular weight is 345 g/mol. The van der Waals surface area contributed by atoms with Crippen molar-refractivity contribution in [2.75, 3.05) is 0 Å². The first kappa shape index (κ1) is 14.1. The molecule has 2 aromatic carbocycles. The molecule has 5 aromatic rings. The van der Waals surface area contributed by atoms with Crippen molar-refractivity contribution in [2.45, 2.75) is 6.18 Å². The molecule has 0 saturated carbocycles. The lowest BCUT2D eigenvalue weighted by Crippen LogP contribution is -2.14. The van der Waals surface area contributed by atoms with Crippen molar-refractivity contribution in [2.24, 2.45) is 0 Å². The van der Waals surface area contributed by atoms with Gasteiger partial charge in [-0.25, -0.2) is 14.0 Å². The second-order valence-electron chi connectivity index (χ2n) is 5.69. The van der Waals surface area contributed by atoms with Crippen molar-refractivity contribution >= 4 is 38.5 Å². The van der Waals surface area contributed by atoms with Gasteiger partial charge < -0.3 is 8.83 Å². The quantitative estimate of drug-likeness (QED) is 0.429. The molecule has 0 aliphatic heterocycles. The van der Waals surface area contributed by atoms with Gasteiger partial charge in [0.2, 0.25) is 11.4 Å². The van der Waals surface area contributed by atoms with Gasteiger partial charge in [0, 0.05) is 10.8 Å². The van der Waals surface area contributed by atoms with Gasteiger partial charge in [-0.1, -0.05) is 12.1 Å². The van der Waals surface area contributed by atoms with E-state index in [1.165, 1.54) is 4.40 Å². The lowest BCUT2D eigenvalue weighted by molar-refractivity contribution is -0.137. The van der Waals surface area contributed by atoms with Gasteiger partial charge in [-0.15, -0.1) is 0 Å². The van der Waals surface area contributed by atoms with Crippen LogP contribution in [-0.4, -0.2) is 4.40 Å². The Bertz CT molecular complexity index is 1330. The summed E-state index contributed by atoms with van der Waals surface area (Å²) in [6.07, 6.45) is -4.71. The molecule has 0 radical (unpaired) electrons. The van der Waals surface area contributed by atoms with Crippen LogP contribution in [0.3, 0.4) is 0 Å². The van der Waals surface area contributed by atoms with Crippen LogP contribution < -0.4 is 11.3 Å². The maximum Gasteiger partial charge on any atom is 0.416 e. The number of halogens is 3. The fourth-order valence-corrected chi connectivity index (χ4v) is 3.23. The lowest BCUT2D eigenvalue weighted by Gasteiger charge is -2.10. The molecule has 0 amide bonds. The Morgan fingerprint density at radius 1 is 0.800 bits per heavy atom. The molecule has 3 aromatic heterocycles. The number of rotatable bonds is 0. The van der Waals surface area contributed by atoms with E-state index in [1.54, 1.807) is 24.3 Å². The molecule has 0 atom stereocenters. The van der Waals surface area contributed by atoms with Gasteiger partial charge in [0.15, 0.2) is 0 Å². The first-order valence-corrected chi connectivity index (χ1v) is 7.19. The highest BCUT2D eigenvalue weighted by molar-refractivity contribution is 6.09. The molecule has 0 spiro atoms. The summed E-state index contributed by atoms with van der Waals surface area (Å²) >= 11 is 0. The molecule has 0 aliphatic carbocycles. The molecule has 5 rings (SSSR count). The monoisotopic (exact) mass is 345 g/mol. The smallest absolute Gasteiger partial charge is 0.404 e. The van der Waals surface area contributed by atoms with Crippen molar-refractivity contribution in [3.05, 3.63) is 62.8 Å². The van der Waals surface area contributed by atoms with Crippen LogP contribution in [0.4, 0.5) is 13.2 Å². The Hall–Kier alpha value is -3.29. The zero-order valence-corrected chi connectivity index (χ0v) is 12.2. The maximum atomic E-state index is 13.1. The van der Waals surface area contributed by atoms with Gasteiger partial charge in [0.1, 0.15) is 0 Å². The van der Waals surface area contributed by atoms with Gasteiger partial charge in [-0.05, 0) is 24.3 Å². The van der Waals surface area contributed by atoms with Crippen molar-refractivity contribution < 1.29 is 22.0 Å². The second-order valence-corrected chi connectivity index (χ2v) is 5.69. The first-order chi connectivity index (χ1) is 11.9. The Morgan fingerprint density at radius 3 is 1.72 bits per heavy atom. The third-order valence-corrected chi connectivity index (χ3v) is 4.27. The number of hydrogen-bond acceptors (Lipinski definition) is 4. The van der Waals surface area contributed by atoms with Crippen molar-refractivity contribution in [1.29, 1.82) is 0 Å². The van der Waals surface area contributed by atoms with Crippen LogP contribution in [0.5, 0.6) is 0 Å². The molecule has 25 heavy (non-hydrogen) atoms. The maximum absolute atomic E-state index is 13.1. The van der Waals surface area contributed by atoms with E-state index in [-0.39, 0.29) is 27.7 Å². The highest BCUT2D eigenvalue weighted by Crippen LogP contribution is 2.36. The molecule has 0 unspecified atom stereocenters. The van der Waals surface area contributed by atoms with Gasteiger partial charge in [-0.2, -0.15) is 13.2 Å². The third-order valence-electron chi connectivity index (χ3n) is 4.27. The summed E-state index contributed by atoms with van der Waals surface area (Å²) in [6.45, 7) is 0. The van der Waals surface area contributed by atoms with Crippen LogP contribution in [0, 0.1) is 0 Å². The van der Waals surface area contributed by atoms with E-state index >= 15 is 0 Å². The fraction of sp³-hybridized carbons (Fsp3) is 0.0588. The zero-order chi connectivity index (χ0) is 17.5. The standard InChI is InChI=1S/C17H6F3NO4/c18-17(19,20)7-5-10-12-11(6-7)16(23)25-14-9-4-2-1-3-8(9)13(21(12)14)24-15(10)22/h1-6H. The SMILES string of the molecule is O=c1oc2c3ccccc3c3oc(=O)c4cc(C(F)(F)F)cc1c4n23.